The number of rotatable bonds is 9. The Morgan fingerprint density at radius 3 is 2.41 bits per heavy atom. The van der Waals surface area contributed by atoms with E-state index in [9.17, 15) is 33.2 Å². The highest BCUT2D eigenvalue weighted by atomic mass is 35.5. The molecule has 0 fully saturated rings. The van der Waals surface area contributed by atoms with E-state index in [2.05, 4.69) is 5.32 Å². The third-order valence-electron chi connectivity index (χ3n) is 3.77. The predicted molar refractivity (Wildman–Crippen MR) is 104 cm³/mol. The molecular weight excluding hydrogens is 428 g/mol. The van der Waals surface area contributed by atoms with Gasteiger partial charge in [0.05, 0.1) is 22.0 Å². The summed E-state index contributed by atoms with van der Waals surface area (Å²) in [4.78, 5) is 32.8. The summed E-state index contributed by atoms with van der Waals surface area (Å²) in [5.74, 6) is -4.28. The minimum atomic E-state index is -3.94. The highest BCUT2D eigenvalue weighted by Crippen LogP contribution is 2.27. The SMILES string of the molecule is O=C(O)c1ccc(NC(CS(=O)(=O)Cc2cccc(Cl)c2)C(=O)O)c([N+](=O)[O-])c1. The summed E-state index contributed by atoms with van der Waals surface area (Å²) in [6, 6.07) is 7.16. The number of hydrogen-bond acceptors (Lipinski definition) is 7. The van der Waals surface area contributed by atoms with Gasteiger partial charge in [0.2, 0.25) is 0 Å². The number of hydrogen-bond donors (Lipinski definition) is 3. The molecule has 0 bridgehead atoms. The second-order valence-corrected chi connectivity index (χ2v) is 8.56. The van der Waals surface area contributed by atoms with Gasteiger partial charge in [-0.15, -0.1) is 0 Å². The van der Waals surface area contributed by atoms with Gasteiger partial charge in [-0.05, 0) is 29.8 Å². The monoisotopic (exact) mass is 442 g/mol. The highest BCUT2D eigenvalue weighted by molar-refractivity contribution is 7.90. The van der Waals surface area contributed by atoms with Crippen LogP contribution < -0.4 is 5.32 Å². The first-order valence-electron chi connectivity index (χ1n) is 7.94. The maximum absolute atomic E-state index is 12.4. The minimum absolute atomic E-state index is 0.314. The average Bonchev–Trinajstić information content (AvgIpc) is 2.60. The molecule has 12 heteroatoms. The number of carbonyl (C=O) groups is 2. The maximum Gasteiger partial charge on any atom is 0.335 e. The standard InChI is InChI=1S/C17H15ClN2O8S/c18-12-3-1-2-10(6-12)8-29(27,28)9-14(17(23)24)19-13-5-4-11(16(21)22)7-15(13)20(25)26/h1-7,14,19H,8-9H2,(H,21,22)(H,23,24). The second kappa shape index (κ2) is 8.88. The van der Waals surface area contributed by atoms with Crippen LogP contribution >= 0.6 is 11.6 Å². The summed E-state index contributed by atoms with van der Waals surface area (Å²) < 4.78 is 24.8. The van der Waals surface area contributed by atoms with Crippen molar-refractivity contribution in [3.8, 4) is 0 Å². The van der Waals surface area contributed by atoms with Gasteiger partial charge in [-0.1, -0.05) is 23.7 Å². The number of nitrogens with zero attached hydrogens (tertiary/aromatic N) is 1. The summed E-state index contributed by atoms with van der Waals surface area (Å²) in [7, 11) is -3.94. The Kier molecular flexibility index (Phi) is 6.77. The fourth-order valence-corrected chi connectivity index (χ4v) is 4.25. The summed E-state index contributed by atoms with van der Waals surface area (Å²) in [6.45, 7) is 0. The average molecular weight is 443 g/mol. The van der Waals surface area contributed by atoms with E-state index in [0.717, 1.165) is 18.2 Å². The summed E-state index contributed by atoms with van der Waals surface area (Å²) >= 11 is 5.81. The van der Waals surface area contributed by atoms with Gasteiger partial charge in [-0.25, -0.2) is 18.0 Å². The van der Waals surface area contributed by atoms with Crippen LogP contribution in [0.2, 0.25) is 5.02 Å². The molecule has 29 heavy (non-hydrogen) atoms. The van der Waals surface area contributed by atoms with Crippen molar-refractivity contribution in [3.63, 3.8) is 0 Å². The van der Waals surface area contributed by atoms with Gasteiger partial charge < -0.3 is 15.5 Å². The summed E-state index contributed by atoms with van der Waals surface area (Å²) in [5.41, 5.74) is -1.02. The number of benzene rings is 2. The lowest BCUT2D eigenvalue weighted by Crippen LogP contribution is -2.37. The Morgan fingerprint density at radius 2 is 1.86 bits per heavy atom. The van der Waals surface area contributed by atoms with Gasteiger partial charge >= 0.3 is 11.9 Å². The van der Waals surface area contributed by atoms with E-state index in [-0.39, 0.29) is 11.3 Å². The van der Waals surface area contributed by atoms with Crippen LogP contribution in [-0.4, -0.2) is 47.3 Å². The molecule has 0 radical (unpaired) electrons. The van der Waals surface area contributed by atoms with Gasteiger partial charge in [-0.2, -0.15) is 0 Å². The number of halogens is 1. The first-order chi connectivity index (χ1) is 13.5. The smallest absolute Gasteiger partial charge is 0.335 e. The van der Waals surface area contributed by atoms with Crippen LogP contribution in [0.5, 0.6) is 0 Å². The molecule has 0 amide bonds. The number of nitrogens with one attached hydrogen (secondary N) is 1. The third-order valence-corrected chi connectivity index (χ3v) is 5.61. The Morgan fingerprint density at radius 1 is 1.17 bits per heavy atom. The largest absolute Gasteiger partial charge is 0.480 e. The van der Waals surface area contributed by atoms with Crippen molar-refractivity contribution >= 4 is 44.8 Å². The predicted octanol–water partition coefficient (Wildman–Crippen LogP) is 2.43. The van der Waals surface area contributed by atoms with Crippen LogP contribution in [0.1, 0.15) is 15.9 Å². The van der Waals surface area contributed by atoms with Crippen molar-refractivity contribution in [2.75, 3.05) is 11.1 Å². The molecule has 1 atom stereocenters. The van der Waals surface area contributed by atoms with Gasteiger partial charge in [0, 0.05) is 11.1 Å². The van der Waals surface area contributed by atoms with Crippen molar-refractivity contribution in [1.82, 2.24) is 0 Å². The zero-order chi connectivity index (χ0) is 21.8. The third kappa shape index (κ3) is 6.16. The number of anilines is 1. The number of sulfone groups is 1. The van der Waals surface area contributed by atoms with Crippen LogP contribution in [0.25, 0.3) is 0 Å². The first kappa shape index (κ1) is 22.1. The number of nitro benzene ring substituents is 1. The number of aliphatic carboxylic acids is 1. The van der Waals surface area contributed by atoms with Crippen LogP contribution in [0.4, 0.5) is 11.4 Å². The molecule has 3 N–H and O–H groups in total. The zero-order valence-electron chi connectivity index (χ0n) is 14.6. The minimum Gasteiger partial charge on any atom is -0.480 e. The van der Waals surface area contributed by atoms with Gasteiger partial charge in [0.25, 0.3) is 5.69 Å². The van der Waals surface area contributed by atoms with E-state index < -0.39 is 49.9 Å². The topological polar surface area (TPSA) is 164 Å². The molecule has 0 saturated carbocycles. The van der Waals surface area contributed by atoms with Crippen molar-refractivity contribution in [2.24, 2.45) is 0 Å². The summed E-state index contributed by atoms with van der Waals surface area (Å²) in [5, 5.41) is 32.1. The second-order valence-electron chi connectivity index (χ2n) is 6.01. The van der Waals surface area contributed by atoms with Crippen LogP contribution in [-0.2, 0) is 20.4 Å². The Labute approximate surface area is 169 Å². The molecule has 0 aromatic heterocycles. The fraction of sp³-hybridized carbons (Fsp3) is 0.176. The molecule has 2 rings (SSSR count). The lowest BCUT2D eigenvalue weighted by molar-refractivity contribution is -0.384. The highest BCUT2D eigenvalue weighted by Gasteiger charge is 2.28. The van der Waals surface area contributed by atoms with E-state index >= 15 is 0 Å². The molecular formula is C17H15ClN2O8S. The number of carboxylic acid groups (broad SMARTS) is 2. The molecule has 0 aliphatic rings. The van der Waals surface area contributed by atoms with Crippen molar-refractivity contribution < 1.29 is 33.1 Å². The lowest BCUT2D eigenvalue weighted by Gasteiger charge is -2.16. The molecule has 0 saturated heterocycles. The van der Waals surface area contributed by atoms with Crippen molar-refractivity contribution in [2.45, 2.75) is 11.8 Å². The van der Waals surface area contributed by atoms with Gasteiger partial charge in [-0.3, -0.25) is 10.1 Å². The zero-order valence-corrected chi connectivity index (χ0v) is 16.2. The number of carboxylic acids is 2. The molecule has 154 valence electrons. The van der Waals surface area contributed by atoms with Gasteiger partial charge in [0.1, 0.15) is 11.7 Å². The summed E-state index contributed by atoms with van der Waals surface area (Å²) in [6.07, 6.45) is 0. The van der Waals surface area contributed by atoms with E-state index in [1.807, 2.05) is 0 Å². The molecule has 1 unspecified atom stereocenters. The molecule has 2 aromatic carbocycles. The van der Waals surface area contributed by atoms with Crippen LogP contribution in [0.3, 0.4) is 0 Å². The van der Waals surface area contributed by atoms with Crippen LogP contribution in [0.15, 0.2) is 42.5 Å². The fourth-order valence-electron chi connectivity index (χ4n) is 2.49. The Balaban J connectivity index is 2.27. The van der Waals surface area contributed by atoms with E-state index in [4.69, 9.17) is 16.7 Å². The van der Waals surface area contributed by atoms with Crippen molar-refractivity contribution in [1.29, 1.82) is 0 Å². The normalized spacial score (nSPS) is 12.2. The molecule has 0 heterocycles. The lowest BCUT2D eigenvalue weighted by atomic mass is 10.1. The van der Waals surface area contributed by atoms with Crippen molar-refractivity contribution in [3.05, 3.63) is 68.7 Å². The molecule has 0 aliphatic heterocycles. The molecule has 2 aromatic rings. The number of nitro groups is 1. The molecule has 10 nitrogen and oxygen atoms in total. The van der Waals surface area contributed by atoms with Gasteiger partial charge in [0.15, 0.2) is 9.84 Å². The first-order valence-corrected chi connectivity index (χ1v) is 10.1. The Bertz CT molecular complexity index is 1070. The number of aromatic carboxylic acids is 1. The quantitative estimate of drug-likeness (QED) is 0.390. The molecule has 0 spiro atoms. The van der Waals surface area contributed by atoms with Crippen LogP contribution in [0, 0.1) is 10.1 Å². The van der Waals surface area contributed by atoms with E-state index in [0.29, 0.717) is 10.6 Å². The molecule has 0 aliphatic carbocycles. The van der Waals surface area contributed by atoms with E-state index in [1.165, 1.54) is 12.1 Å². The van der Waals surface area contributed by atoms with E-state index in [1.54, 1.807) is 12.1 Å². The Hall–Kier alpha value is -3.18. The maximum atomic E-state index is 12.4.